The van der Waals surface area contributed by atoms with Gasteiger partial charge in [0.25, 0.3) is 0 Å². The van der Waals surface area contributed by atoms with Gasteiger partial charge in [0.15, 0.2) is 0 Å². The summed E-state index contributed by atoms with van der Waals surface area (Å²) in [5, 5.41) is 0.672. The molecule has 0 spiro atoms. The minimum absolute atomic E-state index is 0.123. The van der Waals surface area contributed by atoms with Crippen LogP contribution in [0.3, 0.4) is 0 Å². The molecule has 0 saturated carbocycles. The summed E-state index contributed by atoms with van der Waals surface area (Å²) in [4.78, 5) is 25.9. The number of amides is 3. The molecule has 1 saturated heterocycles. The van der Waals surface area contributed by atoms with Gasteiger partial charge in [-0.1, -0.05) is 23.7 Å². The van der Waals surface area contributed by atoms with E-state index >= 15 is 0 Å². The maximum Gasteiger partial charge on any atom is 0.326 e. The Morgan fingerprint density at radius 2 is 1.88 bits per heavy atom. The van der Waals surface area contributed by atoms with Crippen molar-refractivity contribution in [3.63, 3.8) is 0 Å². The van der Waals surface area contributed by atoms with E-state index < -0.39 is 0 Å². The highest BCUT2D eigenvalue weighted by atomic mass is 35.5. The molecule has 2 rings (SSSR count). The number of halogens is 1. The molecule has 1 aromatic carbocycles. The summed E-state index contributed by atoms with van der Waals surface area (Å²) in [6.45, 7) is 0.984. The van der Waals surface area contributed by atoms with Gasteiger partial charge in [-0.05, 0) is 17.7 Å². The van der Waals surface area contributed by atoms with Gasteiger partial charge in [-0.2, -0.15) is 0 Å². The van der Waals surface area contributed by atoms with E-state index in [1.165, 1.54) is 11.9 Å². The van der Waals surface area contributed by atoms with Crippen LogP contribution in [0.5, 0.6) is 0 Å². The summed E-state index contributed by atoms with van der Waals surface area (Å²) >= 11 is 5.79. The highest BCUT2D eigenvalue weighted by Gasteiger charge is 2.28. The monoisotopic (exact) mass is 252 g/mol. The van der Waals surface area contributed by atoms with Crippen LogP contribution in [0.1, 0.15) is 12.0 Å². The molecule has 5 heteroatoms. The third-order valence-electron chi connectivity index (χ3n) is 2.81. The molecule has 0 radical (unpaired) electrons. The lowest BCUT2D eigenvalue weighted by atomic mass is 10.2. The van der Waals surface area contributed by atoms with Crippen molar-refractivity contribution in [2.24, 2.45) is 0 Å². The van der Waals surface area contributed by atoms with Crippen LogP contribution in [0.4, 0.5) is 4.79 Å². The number of carbonyl (C=O) groups is 2. The molecule has 0 N–H and O–H groups in total. The first kappa shape index (κ1) is 11.9. The Morgan fingerprint density at radius 1 is 1.24 bits per heavy atom. The lowest BCUT2D eigenvalue weighted by Crippen LogP contribution is -2.49. The number of nitrogens with zero attached hydrogens (tertiary/aromatic N) is 2. The number of rotatable bonds is 2. The zero-order chi connectivity index (χ0) is 12.4. The van der Waals surface area contributed by atoms with Crippen LogP contribution in [-0.4, -0.2) is 35.3 Å². The zero-order valence-electron chi connectivity index (χ0n) is 9.52. The largest absolute Gasteiger partial charge is 0.326 e. The molecule has 17 heavy (non-hydrogen) atoms. The zero-order valence-corrected chi connectivity index (χ0v) is 10.3. The van der Waals surface area contributed by atoms with Crippen molar-refractivity contribution in [1.29, 1.82) is 0 Å². The predicted octanol–water partition coefficient (Wildman–Crippen LogP) is 2.12. The molecular weight excluding hydrogens is 240 g/mol. The van der Waals surface area contributed by atoms with Gasteiger partial charge in [-0.3, -0.25) is 9.69 Å². The number of hydrogen-bond donors (Lipinski definition) is 0. The summed E-state index contributed by atoms with van der Waals surface area (Å²) in [7, 11) is 1.51. The molecule has 0 unspecified atom stereocenters. The Balaban J connectivity index is 2.06. The van der Waals surface area contributed by atoms with Gasteiger partial charge in [-0.15, -0.1) is 0 Å². The van der Waals surface area contributed by atoms with Gasteiger partial charge < -0.3 is 4.90 Å². The molecule has 1 aliphatic heterocycles. The third-order valence-corrected chi connectivity index (χ3v) is 3.07. The first-order valence-corrected chi connectivity index (χ1v) is 5.75. The van der Waals surface area contributed by atoms with E-state index in [4.69, 9.17) is 11.6 Å². The van der Waals surface area contributed by atoms with E-state index in [0.717, 1.165) is 5.56 Å². The highest BCUT2D eigenvalue weighted by molar-refractivity contribution is 6.30. The van der Waals surface area contributed by atoms with E-state index in [0.29, 0.717) is 24.5 Å². The van der Waals surface area contributed by atoms with Crippen molar-refractivity contribution in [3.05, 3.63) is 34.9 Å². The van der Waals surface area contributed by atoms with Gasteiger partial charge in [0.1, 0.15) is 0 Å². The Labute approximate surface area is 105 Å². The smallest absolute Gasteiger partial charge is 0.319 e. The first-order chi connectivity index (χ1) is 8.08. The standard InChI is InChI=1S/C12H13ClN2O2/c1-14-11(16)6-7-15(12(14)17)8-9-2-4-10(13)5-3-9/h2-5H,6-8H2,1H3. The lowest BCUT2D eigenvalue weighted by Gasteiger charge is -2.31. The van der Waals surface area contributed by atoms with Gasteiger partial charge in [0.05, 0.1) is 0 Å². The van der Waals surface area contributed by atoms with Crippen molar-refractivity contribution < 1.29 is 9.59 Å². The van der Waals surface area contributed by atoms with Crippen LogP contribution in [-0.2, 0) is 11.3 Å². The second-order valence-electron chi connectivity index (χ2n) is 4.03. The molecule has 0 atom stereocenters. The molecule has 0 aliphatic carbocycles. The number of urea groups is 1. The Kier molecular flexibility index (Phi) is 3.33. The minimum atomic E-state index is -0.240. The topological polar surface area (TPSA) is 40.6 Å². The third kappa shape index (κ3) is 2.58. The molecule has 4 nitrogen and oxygen atoms in total. The SMILES string of the molecule is CN1C(=O)CCN(Cc2ccc(Cl)cc2)C1=O. The minimum Gasteiger partial charge on any atom is -0.319 e. The fourth-order valence-electron chi connectivity index (χ4n) is 1.77. The van der Waals surface area contributed by atoms with Gasteiger partial charge >= 0.3 is 6.03 Å². The van der Waals surface area contributed by atoms with Crippen LogP contribution < -0.4 is 0 Å². The van der Waals surface area contributed by atoms with Gasteiger partial charge in [0.2, 0.25) is 5.91 Å². The van der Waals surface area contributed by atoms with E-state index in [1.807, 2.05) is 12.1 Å². The molecule has 1 fully saturated rings. The van der Waals surface area contributed by atoms with Crippen molar-refractivity contribution >= 4 is 23.5 Å². The fourth-order valence-corrected chi connectivity index (χ4v) is 1.90. The van der Waals surface area contributed by atoms with Crippen molar-refractivity contribution in [3.8, 4) is 0 Å². The number of benzene rings is 1. The number of carbonyl (C=O) groups excluding carboxylic acids is 2. The van der Waals surface area contributed by atoms with Crippen LogP contribution in [0.15, 0.2) is 24.3 Å². The summed E-state index contributed by atoms with van der Waals surface area (Å²) in [6, 6.07) is 7.11. The summed E-state index contributed by atoms with van der Waals surface area (Å²) in [6.07, 6.45) is 0.385. The van der Waals surface area contributed by atoms with Crippen molar-refractivity contribution in [2.75, 3.05) is 13.6 Å². The fraction of sp³-hybridized carbons (Fsp3) is 0.333. The number of imide groups is 1. The van der Waals surface area contributed by atoms with E-state index in [2.05, 4.69) is 0 Å². The first-order valence-electron chi connectivity index (χ1n) is 5.38. The average Bonchev–Trinajstić information content (AvgIpc) is 2.33. The molecule has 0 aromatic heterocycles. The molecule has 90 valence electrons. The van der Waals surface area contributed by atoms with Gasteiger partial charge in [0, 0.05) is 31.6 Å². The highest BCUT2D eigenvalue weighted by Crippen LogP contribution is 2.15. The summed E-state index contributed by atoms with van der Waals surface area (Å²) in [5.41, 5.74) is 1.01. The molecular formula is C12H13ClN2O2. The molecule has 0 bridgehead atoms. The van der Waals surface area contributed by atoms with Crippen molar-refractivity contribution in [1.82, 2.24) is 9.80 Å². The second kappa shape index (κ2) is 4.75. The van der Waals surface area contributed by atoms with Gasteiger partial charge in [-0.25, -0.2) is 4.79 Å². The molecule has 3 amide bonds. The molecule has 1 heterocycles. The van der Waals surface area contributed by atoms with Crippen LogP contribution in [0.2, 0.25) is 5.02 Å². The Hall–Kier alpha value is -1.55. The maximum atomic E-state index is 11.8. The van der Waals surface area contributed by atoms with Crippen LogP contribution in [0, 0.1) is 0 Å². The number of hydrogen-bond acceptors (Lipinski definition) is 2. The second-order valence-corrected chi connectivity index (χ2v) is 4.47. The Morgan fingerprint density at radius 3 is 2.53 bits per heavy atom. The maximum absolute atomic E-state index is 11.8. The normalized spacial score (nSPS) is 16.6. The quantitative estimate of drug-likeness (QED) is 0.809. The summed E-state index contributed by atoms with van der Waals surface area (Å²) in [5.74, 6) is -0.123. The molecule has 1 aliphatic rings. The predicted molar refractivity (Wildman–Crippen MR) is 64.6 cm³/mol. The van der Waals surface area contributed by atoms with Crippen LogP contribution in [0.25, 0.3) is 0 Å². The summed E-state index contributed by atoms with van der Waals surface area (Å²) < 4.78 is 0. The van der Waals surface area contributed by atoms with E-state index in [-0.39, 0.29) is 11.9 Å². The van der Waals surface area contributed by atoms with Crippen molar-refractivity contribution in [2.45, 2.75) is 13.0 Å². The van der Waals surface area contributed by atoms with E-state index in [1.54, 1.807) is 17.0 Å². The molecule has 1 aromatic rings. The van der Waals surface area contributed by atoms with Crippen LogP contribution >= 0.6 is 11.6 Å². The Bertz CT molecular complexity index is 444. The lowest BCUT2D eigenvalue weighted by molar-refractivity contribution is -0.129. The van der Waals surface area contributed by atoms with E-state index in [9.17, 15) is 9.59 Å². The average molecular weight is 253 g/mol.